The number of aromatic nitrogens is 4. The van der Waals surface area contributed by atoms with Crippen LogP contribution in [0, 0.1) is 5.82 Å². The first kappa shape index (κ1) is 24.7. The van der Waals surface area contributed by atoms with Crippen LogP contribution in [0.25, 0.3) is 16.9 Å². The van der Waals surface area contributed by atoms with Gasteiger partial charge in [0.15, 0.2) is 11.5 Å². The predicted molar refractivity (Wildman–Crippen MR) is 121 cm³/mol. The molecule has 1 aliphatic heterocycles. The molecule has 0 radical (unpaired) electrons. The number of hydrogen-bond donors (Lipinski definition) is 1. The Kier molecular flexibility index (Phi) is 7.41. The Morgan fingerprint density at radius 3 is 2.40 bits per heavy atom. The number of halogens is 4. The van der Waals surface area contributed by atoms with Crippen LogP contribution in [0.2, 0.25) is 0 Å². The first-order chi connectivity index (χ1) is 16.7. The van der Waals surface area contributed by atoms with Crippen LogP contribution in [-0.2, 0) is 11.3 Å². The van der Waals surface area contributed by atoms with Gasteiger partial charge in [-0.1, -0.05) is 18.2 Å². The fourth-order valence-electron chi connectivity index (χ4n) is 3.84. The number of hydrogen-bond acceptors (Lipinski definition) is 6. The van der Waals surface area contributed by atoms with Crippen molar-refractivity contribution < 1.29 is 27.5 Å². The molecule has 1 N–H and O–H groups in total. The van der Waals surface area contributed by atoms with Crippen molar-refractivity contribution in [2.45, 2.75) is 31.5 Å². The third kappa shape index (κ3) is 6.01. The van der Waals surface area contributed by atoms with E-state index in [9.17, 15) is 17.6 Å². The van der Waals surface area contributed by atoms with Crippen LogP contribution < -0.4 is 0 Å². The lowest BCUT2D eigenvalue weighted by Crippen LogP contribution is -2.32. The van der Waals surface area contributed by atoms with E-state index >= 15 is 0 Å². The van der Waals surface area contributed by atoms with Crippen molar-refractivity contribution in [1.29, 1.82) is 0 Å². The number of piperidine rings is 1. The van der Waals surface area contributed by atoms with Crippen molar-refractivity contribution in [3.05, 3.63) is 70.4 Å². The van der Waals surface area contributed by atoms with Gasteiger partial charge in [-0.05, 0) is 61.6 Å². The molecule has 0 aliphatic carbocycles. The number of thiophene rings is 1. The number of alkyl halides is 3. The molecule has 0 atom stereocenters. The van der Waals surface area contributed by atoms with E-state index < -0.39 is 12.1 Å². The van der Waals surface area contributed by atoms with Crippen molar-refractivity contribution in [3.63, 3.8) is 0 Å². The lowest BCUT2D eigenvalue weighted by molar-refractivity contribution is -0.192. The first-order valence-electron chi connectivity index (χ1n) is 10.7. The number of rotatable bonds is 4. The third-order valence-electron chi connectivity index (χ3n) is 5.59. The second kappa shape index (κ2) is 10.5. The number of fused-ring (bicyclic) bond motifs is 1. The highest BCUT2D eigenvalue weighted by atomic mass is 32.1. The van der Waals surface area contributed by atoms with E-state index in [1.165, 1.54) is 10.9 Å². The number of carboxylic acids is 1. The quantitative estimate of drug-likeness (QED) is 0.391. The maximum absolute atomic E-state index is 14.2. The zero-order valence-electron chi connectivity index (χ0n) is 18.3. The molecule has 35 heavy (non-hydrogen) atoms. The van der Waals surface area contributed by atoms with Crippen LogP contribution in [0.4, 0.5) is 17.6 Å². The molecule has 12 heteroatoms. The van der Waals surface area contributed by atoms with Gasteiger partial charge >= 0.3 is 12.1 Å². The fourth-order valence-corrected chi connectivity index (χ4v) is 4.59. The van der Waals surface area contributed by atoms with Gasteiger partial charge in [0.05, 0.1) is 5.69 Å². The molecule has 4 heterocycles. The normalized spacial score (nSPS) is 15.1. The van der Waals surface area contributed by atoms with Gasteiger partial charge in [0.2, 0.25) is 0 Å². The third-order valence-corrected chi connectivity index (χ3v) is 6.45. The summed E-state index contributed by atoms with van der Waals surface area (Å²) < 4.78 is 47.7. The topological polar surface area (TPSA) is 83.6 Å². The molecule has 0 saturated carbocycles. The number of nitrogens with zero attached hydrogens (tertiary/aromatic N) is 5. The molecule has 3 aromatic heterocycles. The predicted octanol–water partition coefficient (Wildman–Crippen LogP) is 5.00. The second-order valence-electron chi connectivity index (χ2n) is 7.96. The summed E-state index contributed by atoms with van der Waals surface area (Å²) in [7, 11) is 0. The Hall–Kier alpha value is -3.38. The van der Waals surface area contributed by atoms with Crippen LogP contribution in [-0.4, -0.2) is 55.1 Å². The monoisotopic (exact) mass is 507 g/mol. The molecule has 184 valence electrons. The van der Waals surface area contributed by atoms with Gasteiger partial charge in [0, 0.05) is 22.9 Å². The van der Waals surface area contributed by atoms with E-state index in [0.717, 1.165) is 38.3 Å². The smallest absolute Gasteiger partial charge is 0.475 e. The minimum Gasteiger partial charge on any atom is -0.475 e. The molecular formula is C23H21F4N5O2S. The maximum Gasteiger partial charge on any atom is 0.490 e. The van der Waals surface area contributed by atoms with Gasteiger partial charge < -0.3 is 5.11 Å². The Morgan fingerprint density at radius 1 is 1.06 bits per heavy atom. The van der Waals surface area contributed by atoms with Crippen molar-refractivity contribution in [2.24, 2.45) is 0 Å². The molecule has 0 spiro atoms. The minimum atomic E-state index is -5.08. The van der Waals surface area contributed by atoms with Gasteiger partial charge in [-0.2, -0.15) is 22.8 Å². The van der Waals surface area contributed by atoms with Crippen molar-refractivity contribution in [1.82, 2.24) is 24.7 Å². The average molecular weight is 508 g/mol. The van der Waals surface area contributed by atoms with Gasteiger partial charge in [-0.15, -0.1) is 21.5 Å². The minimum absolute atomic E-state index is 0.272. The molecule has 1 saturated heterocycles. The van der Waals surface area contributed by atoms with E-state index in [0.29, 0.717) is 22.8 Å². The summed E-state index contributed by atoms with van der Waals surface area (Å²) in [5, 5.41) is 22.6. The molecule has 0 bridgehead atoms. The van der Waals surface area contributed by atoms with Crippen LogP contribution >= 0.6 is 11.3 Å². The molecule has 0 unspecified atom stereocenters. The molecule has 4 aromatic rings. The zero-order valence-corrected chi connectivity index (χ0v) is 19.1. The van der Waals surface area contributed by atoms with Crippen molar-refractivity contribution >= 4 is 23.0 Å². The van der Waals surface area contributed by atoms with E-state index in [1.54, 1.807) is 22.7 Å². The molecule has 1 aromatic carbocycles. The number of likely N-dealkylation sites (tertiary alicyclic amines) is 1. The summed E-state index contributed by atoms with van der Waals surface area (Å²) in [6, 6.07) is 14.7. The van der Waals surface area contributed by atoms with Gasteiger partial charge in [-0.3, -0.25) is 4.90 Å². The van der Waals surface area contributed by atoms with Crippen LogP contribution in [0.15, 0.2) is 53.9 Å². The number of carbonyl (C=O) groups is 1. The van der Waals surface area contributed by atoms with Gasteiger partial charge in [0.1, 0.15) is 5.82 Å². The Balaban J connectivity index is 0.000000364. The van der Waals surface area contributed by atoms with Gasteiger partial charge in [0.25, 0.3) is 0 Å². The fraction of sp³-hybridized carbons (Fsp3) is 0.304. The number of aliphatic carboxylic acids is 1. The summed E-state index contributed by atoms with van der Waals surface area (Å²) in [4.78, 5) is 12.8. The van der Waals surface area contributed by atoms with Crippen LogP contribution in [0.5, 0.6) is 0 Å². The van der Waals surface area contributed by atoms with E-state index in [4.69, 9.17) is 9.90 Å². The highest BCUT2D eigenvalue weighted by Gasteiger charge is 2.38. The lowest BCUT2D eigenvalue weighted by Gasteiger charge is -2.30. The van der Waals surface area contributed by atoms with Gasteiger partial charge in [-0.25, -0.2) is 9.18 Å². The van der Waals surface area contributed by atoms with Crippen LogP contribution in [0.3, 0.4) is 0 Å². The number of benzene rings is 1. The molecule has 5 rings (SSSR count). The molecule has 0 amide bonds. The van der Waals surface area contributed by atoms with E-state index in [2.05, 4.69) is 37.7 Å². The van der Waals surface area contributed by atoms with E-state index in [-0.39, 0.29) is 5.82 Å². The zero-order chi connectivity index (χ0) is 25.0. The molecular weight excluding hydrogens is 486 g/mol. The highest BCUT2D eigenvalue weighted by Crippen LogP contribution is 2.29. The molecule has 1 aliphatic rings. The maximum atomic E-state index is 14.2. The highest BCUT2D eigenvalue weighted by molar-refractivity contribution is 7.09. The SMILES string of the molecule is Fc1ccccc1-c1ccc2nnc(C3CCN(Cc4cccs4)CC3)n2n1.O=C(O)C(F)(F)F. The summed E-state index contributed by atoms with van der Waals surface area (Å²) in [6.45, 7) is 3.08. The molecule has 7 nitrogen and oxygen atoms in total. The molecule has 1 fully saturated rings. The second-order valence-corrected chi connectivity index (χ2v) is 8.99. The summed E-state index contributed by atoms with van der Waals surface area (Å²) in [5.74, 6) is -1.83. The summed E-state index contributed by atoms with van der Waals surface area (Å²) >= 11 is 1.81. The van der Waals surface area contributed by atoms with Crippen molar-refractivity contribution in [2.75, 3.05) is 13.1 Å². The first-order valence-corrected chi connectivity index (χ1v) is 11.6. The summed E-state index contributed by atoms with van der Waals surface area (Å²) in [5.41, 5.74) is 1.80. The number of carboxylic acid groups (broad SMARTS) is 1. The van der Waals surface area contributed by atoms with E-state index in [1.807, 2.05) is 23.5 Å². The summed E-state index contributed by atoms with van der Waals surface area (Å²) in [6.07, 6.45) is -3.03. The average Bonchev–Trinajstić information content (AvgIpc) is 3.49. The Bertz CT molecular complexity index is 1280. The Morgan fingerprint density at radius 2 is 1.77 bits per heavy atom. The Labute approximate surface area is 201 Å². The largest absolute Gasteiger partial charge is 0.490 e. The van der Waals surface area contributed by atoms with Crippen molar-refractivity contribution in [3.8, 4) is 11.3 Å². The standard InChI is InChI=1S/C21H20FN5S.C2HF3O2/c22-18-6-2-1-5-17(18)19-7-8-20-23-24-21(27(20)25-19)15-9-11-26(12-10-15)14-16-4-3-13-28-16;3-2(4,5)1(6)7/h1-8,13,15H,9-12,14H2;(H,6,7). The van der Waals surface area contributed by atoms with Crippen LogP contribution in [0.1, 0.15) is 29.5 Å². The lowest BCUT2D eigenvalue weighted by atomic mass is 9.96.